The van der Waals surface area contributed by atoms with Crippen LogP contribution in [0.25, 0.3) is 0 Å². The number of hydrogen-bond donors (Lipinski definition) is 0. The smallest absolute Gasteiger partial charge is 0.330 e. The lowest BCUT2D eigenvalue weighted by atomic mass is 9.82. The number of carbonyl (C=O) groups excluding carboxylic acids is 2. The topological polar surface area (TPSA) is 52.6 Å². The van der Waals surface area contributed by atoms with Gasteiger partial charge in [-0.05, 0) is 16.7 Å². The van der Waals surface area contributed by atoms with E-state index in [0.717, 1.165) is 16.7 Å². The Morgan fingerprint density at radius 2 is 1.96 bits per heavy atom. The van der Waals surface area contributed by atoms with E-state index in [1.807, 2.05) is 55.0 Å². The second kappa shape index (κ2) is 8.13. The van der Waals surface area contributed by atoms with Crippen LogP contribution in [-0.4, -0.2) is 25.7 Å². The molecule has 0 aromatic heterocycles. The molecule has 0 fully saturated rings. The van der Waals surface area contributed by atoms with Crippen molar-refractivity contribution in [1.29, 1.82) is 0 Å². The Hall–Kier alpha value is -2.62. The van der Waals surface area contributed by atoms with Gasteiger partial charge in [0, 0.05) is 25.3 Å². The molecule has 0 heterocycles. The highest BCUT2D eigenvalue weighted by Gasteiger charge is 2.22. The highest BCUT2D eigenvalue weighted by atomic mass is 16.5. The summed E-state index contributed by atoms with van der Waals surface area (Å²) in [4.78, 5) is 22.7. The largest absolute Gasteiger partial charge is 0.466 e. The zero-order valence-electron chi connectivity index (χ0n) is 13.2. The number of esters is 2. The van der Waals surface area contributed by atoms with Gasteiger partial charge in [-0.15, -0.1) is 0 Å². The molecule has 0 saturated heterocycles. The first-order valence-corrected chi connectivity index (χ1v) is 7.30. The summed E-state index contributed by atoms with van der Waals surface area (Å²) in [6.07, 6.45) is 9.10. The van der Waals surface area contributed by atoms with E-state index in [2.05, 4.69) is 0 Å². The molecule has 1 unspecified atom stereocenters. The van der Waals surface area contributed by atoms with Crippen molar-refractivity contribution in [2.24, 2.45) is 5.92 Å². The third-order valence-electron chi connectivity index (χ3n) is 3.44. The Balaban J connectivity index is 2.27. The van der Waals surface area contributed by atoms with Gasteiger partial charge in [0.2, 0.25) is 0 Å². The average Bonchev–Trinajstić information content (AvgIpc) is 2.55. The fourth-order valence-electron chi connectivity index (χ4n) is 2.32. The summed E-state index contributed by atoms with van der Waals surface area (Å²) < 4.78 is 9.84. The van der Waals surface area contributed by atoms with Crippen molar-refractivity contribution in [1.82, 2.24) is 0 Å². The van der Waals surface area contributed by atoms with Crippen molar-refractivity contribution in [2.75, 3.05) is 13.7 Å². The van der Waals surface area contributed by atoms with Crippen LogP contribution in [0.3, 0.4) is 0 Å². The monoisotopic (exact) mass is 311 g/mol. The highest BCUT2D eigenvalue weighted by Crippen LogP contribution is 2.31. The first-order chi connectivity index (χ1) is 11.1. The number of benzene rings is 1. The lowest BCUT2D eigenvalue weighted by Crippen LogP contribution is -2.17. The number of methoxy groups -OCH3 is 1. The van der Waals surface area contributed by atoms with Crippen LogP contribution in [0.15, 0.2) is 65.8 Å². The van der Waals surface area contributed by atoms with Gasteiger partial charge in [-0.3, -0.25) is 4.79 Å². The van der Waals surface area contributed by atoms with Gasteiger partial charge in [0.05, 0.1) is 7.11 Å². The molecule has 0 amide bonds. The minimum absolute atomic E-state index is 0.152. The van der Waals surface area contributed by atoms with E-state index in [-0.39, 0.29) is 18.5 Å². The van der Waals surface area contributed by atoms with Crippen LogP contribution in [0, 0.1) is 12.3 Å². The molecule has 23 heavy (non-hydrogen) atoms. The predicted molar refractivity (Wildman–Crippen MR) is 87.3 cm³/mol. The summed E-state index contributed by atoms with van der Waals surface area (Å²) in [6.45, 7) is 1.56. The van der Waals surface area contributed by atoms with E-state index < -0.39 is 5.97 Å². The van der Waals surface area contributed by atoms with Gasteiger partial charge in [-0.25, -0.2) is 4.79 Å². The minimum Gasteiger partial charge on any atom is -0.466 e. The molecule has 4 nitrogen and oxygen atoms in total. The van der Waals surface area contributed by atoms with E-state index >= 15 is 0 Å². The van der Waals surface area contributed by atoms with Gasteiger partial charge in [0.25, 0.3) is 0 Å². The zero-order valence-corrected chi connectivity index (χ0v) is 13.2. The van der Waals surface area contributed by atoms with Gasteiger partial charge in [-0.1, -0.05) is 48.6 Å². The Morgan fingerprint density at radius 1 is 1.22 bits per heavy atom. The van der Waals surface area contributed by atoms with Gasteiger partial charge < -0.3 is 9.47 Å². The SMILES string of the molecule is COC(=O)/C=C1/C=CC=C(COC(C)=O)C1[CH]c1ccccc1. The molecule has 1 aromatic rings. The molecule has 1 radical (unpaired) electrons. The van der Waals surface area contributed by atoms with Crippen molar-refractivity contribution in [3.05, 3.63) is 77.8 Å². The first-order valence-electron chi connectivity index (χ1n) is 7.30. The van der Waals surface area contributed by atoms with Crippen molar-refractivity contribution in [3.63, 3.8) is 0 Å². The van der Waals surface area contributed by atoms with Crippen molar-refractivity contribution >= 4 is 11.9 Å². The Labute approximate surface area is 136 Å². The third-order valence-corrected chi connectivity index (χ3v) is 3.44. The van der Waals surface area contributed by atoms with Gasteiger partial charge in [0.15, 0.2) is 0 Å². The molecule has 0 N–H and O–H groups in total. The molecule has 1 aliphatic rings. The molecule has 1 aromatic carbocycles. The molecule has 4 heteroatoms. The molecule has 0 aliphatic heterocycles. The summed E-state index contributed by atoms with van der Waals surface area (Å²) >= 11 is 0. The number of hydrogen-bond acceptors (Lipinski definition) is 4. The van der Waals surface area contributed by atoms with Gasteiger partial charge >= 0.3 is 11.9 Å². The maximum absolute atomic E-state index is 11.6. The Kier molecular flexibility index (Phi) is 5.92. The van der Waals surface area contributed by atoms with E-state index in [0.29, 0.717) is 0 Å². The third kappa shape index (κ3) is 4.95. The second-order valence-electron chi connectivity index (χ2n) is 5.10. The van der Waals surface area contributed by atoms with Crippen molar-refractivity contribution in [2.45, 2.75) is 6.92 Å². The Bertz CT molecular complexity index is 653. The Morgan fingerprint density at radius 3 is 2.61 bits per heavy atom. The first kappa shape index (κ1) is 16.7. The zero-order chi connectivity index (χ0) is 16.7. The fourth-order valence-corrected chi connectivity index (χ4v) is 2.32. The number of allylic oxidation sites excluding steroid dienone is 4. The van der Waals surface area contributed by atoms with Gasteiger partial charge in [0.1, 0.15) is 6.61 Å². The molecule has 1 aliphatic carbocycles. The summed E-state index contributed by atoms with van der Waals surface area (Å²) in [6, 6.07) is 9.81. The minimum atomic E-state index is -0.412. The van der Waals surface area contributed by atoms with Crippen molar-refractivity contribution in [3.8, 4) is 0 Å². The van der Waals surface area contributed by atoms with E-state index in [9.17, 15) is 9.59 Å². The quantitative estimate of drug-likeness (QED) is 0.619. The van der Waals surface area contributed by atoms with E-state index in [4.69, 9.17) is 9.47 Å². The number of carbonyl (C=O) groups is 2. The molecule has 0 spiro atoms. The lowest BCUT2D eigenvalue weighted by molar-refractivity contribution is -0.140. The van der Waals surface area contributed by atoms with Crippen LogP contribution in [0.5, 0.6) is 0 Å². The molecule has 2 rings (SSSR count). The second-order valence-corrected chi connectivity index (χ2v) is 5.10. The lowest BCUT2D eigenvalue weighted by Gasteiger charge is -2.24. The fraction of sp³-hybridized carbons (Fsp3) is 0.211. The van der Waals surface area contributed by atoms with Gasteiger partial charge in [-0.2, -0.15) is 0 Å². The van der Waals surface area contributed by atoms with Crippen LogP contribution in [-0.2, 0) is 19.1 Å². The van der Waals surface area contributed by atoms with E-state index in [1.54, 1.807) is 0 Å². The highest BCUT2D eigenvalue weighted by molar-refractivity contribution is 5.83. The molecular formula is C19H19O4. The van der Waals surface area contributed by atoms with Crippen LogP contribution in [0.4, 0.5) is 0 Å². The maximum atomic E-state index is 11.6. The summed E-state index contributed by atoms with van der Waals surface area (Å²) in [5, 5.41) is 0. The molecular weight excluding hydrogens is 292 g/mol. The molecule has 119 valence electrons. The van der Waals surface area contributed by atoms with Crippen LogP contribution in [0.1, 0.15) is 12.5 Å². The average molecular weight is 311 g/mol. The summed E-state index contributed by atoms with van der Waals surface area (Å²) in [5.41, 5.74) is 2.73. The number of rotatable bonds is 5. The van der Waals surface area contributed by atoms with Crippen LogP contribution >= 0.6 is 0 Å². The summed E-state index contributed by atoms with van der Waals surface area (Å²) in [5.74, 6) is -0.900. The predicted octanol–water partition coefficient (Wildman–Crippen LogP) is 3.01. The molecule has 1 atom stereocenters. The molecule has 0 bridgehead atoms. The van der Waals surface area contributed by atoms with E-state index in [1.165, 1.54) is 20.1 Å². The number of ether oxygens (including phenoxy) is 2. The van der Waals surface area contributed by atoms with Crippen LogP contribution < -0.4 is 0 Å². The summed E-state index contributed by atoms with van der Waals surface area (Å²) in [7, 11) is 1.34. The van der Waals surface area contributed by atoms with Crippen molar-refractivity contribution < 1.29 is 19.1 Å². The maximum Gasteiger partial charge on any atom is 0.330 e. The normalized spacial score (nSPS) is 18.4. The standard InChI is InChI=1S/C19H19O4/c1-14(20)23-13-17-10-6-9-16(12-19(21)22-2)18(17)11-15-7-4-3-5-8-15/h3-12,18H,13H2,1-2H3/b16-12-. The van der Waals surface area contributed by atoms with Crippen LogP contribution in [0.2, 0.25) is 0 Å². The molecule has 0 saturated carbocycles.